The minimum Gasteiger partial charge on any atom is -0.511 e. The first-order chi connectivity index (χ1) is 8.24. The third-order valence-electron chi connectivity index (χ3n) is 2.74. The van der Waals surface area contributed by atoms with Crippen molar-refractivity contribution in [3.63, 3.8) is 0 Å². The van der Waals surface area contributed by atoms with Crippen LogP contribution in [0.5, 0.6) is 0 Å². The molecule has 0 heterocycles. The van der Waals surface area contributed by atoms with Gasteiger partial charge in [-0.2, -0.15) is 0 Å². The van der Waals surface area contributed by atoms with E-state index >= 15 is 0 Å². The van der Waals surface area contributed by atoms with Crippen molar-refractivity contribution in [2.45, 2.75) is 12.8 Å². The molecule has 1 aromatic rings. The molecule has 0 saturated carbocycles. The van der Waals surface area contributed by atoms with Gasteiger partial charge >= 0.3 is 5.97 Å². The first-order valence-electron chi connectivity index (χ1n) is 5.52. The zero-order valence-corrected chi connectivity index (χ0v) is 9.48. The molecule has 0 aliphatic heterocycles. The van der Waals surface area contributed by atoms with Gasteiger partial charge in [-0.05, 0) is 17.5 Å². The van der Waals surface area contributed by atoms with Gasteiger partial charge in [-0.1, -0.05) is 36.9 Å². The molecule has 3 heteroatoms. The predicted octanol–water partition coefficient (Wildman–Crippen LogP) is 2.63. The third-order valence-corrected chi connectivity index (χ3v) is 2.74. The van der Waals surface area contributed by atoms with Crippen LogP contribution in [0.25, 0.3) is 5.57 Å². The third kappa shape index (κ3) is 2.23. The first kappa shape index (κ1) is 11.5. The maximum absolute atomic E-state index is 11.8. The Labute approximate surface area is 100 Å². The molecule has 0 aromatic heterocycles. The summed E-state index contributed by atoms with van der Waals surface area (Å²) >= 11 is 0. The highest BCUT2D eigenvalue weighted by molar-refractivity contribution is 6.17. The van der Waals surface area contributed by atoms with Gasteiger partial charge in [0.2, 0.25) is 0 Å². The van der Waals surface area contributed by atoms with Crippen LogP contribution in [0.2, 0.25) is 0 Å². The fraction of sp³-hybridized carbons (Fsp3) is 0.214. The van der Waals surface area contributed by atoms with Gasteiger partial charge in [0.05, 0.1) is 0 Å². The van der Waals surface area contributed by atoms with Crippen LogP contribution in [0.15, 0.2) is 42.7 Å². The number of aliphatic hydroxyl groups is 1. The molecule has 0 unspecified atom stereocenters. The number of fused-ring (bicyclic) bond motifs is 1. The summed E-state index contributed by atoms with van der Waals surface area (Å²) in [7, 11) is 0. The minimum atomic E-state index is -0.491. The van der Waals surface area contributed by atoms with Crippen LogP contribution in [-0.4, -0.2) is 17.7 Å². The van der Waals surface area contributed by atoms with Gasteiger partial charge in [0.25, 0.3) is 0 Å². The molecule has 88 valence electrons. The minimum absolute atomic E-state index is 0.109. The van der Waals surface area contributed by atoms with E-state index in [1.807, 2.05) is 24.3 Å². The number of allylic oxidation sites excluding steroid dienone is 1. The highest BCUT2D eigenvalue weighted by Crippen LogP contribution is 2.30. The van der Waals surface area contributed by atoms with Crippen molar-refractivity contribution in [3.05, 3.63) is 53.8 Å². The first-order valence-corrected chi connectivity index (χ1v) is 5.52. The van der Waals surface area contributed by atoms with Gasteiger partial charge in [0.15, 0.2) is 0 Å². The average Bonchev–Trinajstić information content (AvgIpc) is 2.35. The van der Waals surface area contributed by atoms with Gasteiger partial charge in [-0.25, -0.2) is 4.79 Å². The molecule has 2 rings (SSSR count). The lowest BCUT2D eigenvalue weighted by atomic mass is 9.89. The normalized spacial score (nSPS) is 14.1. The van der Waals surface area contributed by atoms with Crippen molar-refractivity contribution in [2.24, 2.45) is 0 Å². The van der Waals surface area contributed by atoms with Crippen molar-refractivity contribution < 1.29 is 14.6 Å². The molecule has 0 fully saturated rings. The Morgan fingerprint density at radius 1 is 1.41 bits per heavy atom. The molecule has 0 spiro atoms. The molecular formula is C14H14O3. The maximum Gasteiger partial charge on any atom is 0.342 e. The lowest BCUT2D eigenvalue weighted by molar-refractivity contribution is -0.135. The van der Waals surface area contributed by atoms with Crippen LogP contribution in [-0.2, 0) is 16.0 Å². The van der Waals surface area contributed by atoms with E-state index in [1.54, 1.807) is 0 Å². The fourth-order valence-corrected chi connectivity index (χ4v) is 1.95. The second kappa shape index (κ2) is 4.87. The summed E-state index contributed by atoms with van der Waals surface area (Å²) < 4.78 is 4.98. The van der Waals surface area contributed by atoms with E-state index in [-0.39, 0.29) is 17.9 Å². The van der Waals surface area contributed by atoms with E-state index in [1.165, 1.54) is 6.08 Å². The van der Waals surface area contributed by atoms with E-state index in [4.69, 9.17) is 4.74 Å². The smallest absolute Gasteiger partial charge is 0.342 e. The van der Waals surface area contributed by atoms with E-state index in [0.29, 0.717) is 6.42 Å². The number of hydrogen-bond acceptors (Lipinski definition) is 3. The molecule has 1 aromatic carbocycles. The summed E-state index contributed by atoms with van der Waals surface area (Å²) in [5.41, 5.74) is 2.12. The van der Waals surface area contributed by atoms with Crippen LogP contribution in [0.3, 0.4) is 0 Å². The Kier molecular flexibility index (Phi) is 3.28. The molecule has 0 atom stereocenters. The van der Waals surface area contributed by atoms with Crippen LogP contribution >= 0.6 is 0 Å². The number of esters is 1. The molecule has 0 bridgehead atoms. The highest BCUT2D eigenvalue weighted by atomic mass is 16.5. The zero-order valence-electron chi connectivity index (χ0n) is 9.48. The van der Waals surface area contributed by atoms with E-state index < -0.39 is 5.97 Å². The van der Waals surface area contributed by atoms with Crippen molar-refractivity contribution in [3.8, 4) is 0 Å². The predicted molar refractivity (Wildman–Crippen MR) is 65.5 cm³/mol. The number of carbonyl (C=O) groups excluding carboxylic acids is 1. The van der Waals surface area contributed by atoms with Gasteiger partial charge in [0, 0.05) is 6.42 Å². The maximum atomic E-state index is 11.8. The second-order valence-corrected chi connectivity index (χ2v) is 3.87. The van der Waals surface area contributed by atoms with E-state index in [9.17, 15) is 9.90 Å². The Morgan fingerprint density at radius 2 is 2.18 bits per heavy atom. The molecule has 0 amide bonds. The summed E-state index contributed by atoms with van der Waals surface area (Å²) in [6.07, 6.45) is 2.74. The van der Waals surface area contributed by atoms with Gasteiger partial charge < -0.3 is 9.84 Å². The Morgan fingerprint density at radius 3 is 2.94 bits per heavy atom. The number of aliphatic hydroxyl groups excluding tert-OH is 1. The Hall–Kier alpha value is -2.03. The molecular weight excluding hydrogens is 216 g/mol. The zero-order chi connectivity index (χ0) is 12.3. The van der Waals surface area contributed by atoms with Crippen molar-refractivity contribution in [1.29, 1.82) is 0 Å². The topological polar surface area (TPSA) is 46.5 Å². The quantitative estimate of drug-likeness (QED) is 0.641. The average molecular weight is 230 g/mol. The molecule has 1 aliphatic rings. The summed E-state index contributed by atoms with van der Waals surface area (Å²) in [6, 6.07) is 7.56. The van der Waals surface area contributed by atoms with Crippen LogP contribution in [0, 0.1) is 0 Å². The molecule has 0 radical (unpaired) electrons. The molecule has 1 aliphatic carbocycles. The van der Waals surface area contributed by atoms with Crippen molar-refractivity contribution in [2.75, 3.05) is 6.61 Å². The number of hydrogen-bond donors (Lipinski definition) is 1. The monoisotopic (exact) mass is 230 g/mol. The molecule has 17 heavy (non-hydrogen) atoms. The Bertz CT molecular complexity index is 486. The Balaban J connectivity index is 2.36. The fourth-order valence-electron chi connectivity index (χ4n) is 1.95. The van der Waals surface area contributed by atoms with Crippen molar-refractivity contribution in [1.82, 2.24) is 0 Å². The lowest BCUT2D eigenvalue weighted by Crippen LogP contribution is -2.14. The van der Waals surface area contributed by atoms with E-state index in [0.717, 1.165) is 17.5 Å². The lowest BCUT2D eigenvalue weighted by Gasteiger charge is -2.18. The van der Waals surface area contributed by atoms with Gasteiger partial charge in [-0.3, -0.25) is 0 Å². The number of carbonyl (C=O) groups is 1. The SMILES string of the molecule is C=CCOC(=O)C1=C(O)CCc2ccccc21. The second-order valence-electron chi connectivity index (χ2n) is 3.87. The summed E-state index contributed by atoms with van der Waals surface area (Å²) in [6.45, 7) is 3.64. The summed E-state index contributed by atoms with van der Waals surface area (Å²) in [4.78, 5) is 11.8. The number of rotatable bonds is 3. The van der Waals surface area contributed by atoms with Crippen LogP contribution < -0.4 is 0 Å². The molecule has 1 N–H and O–H groups in total. The van der Waals surface area contributed by atoms with Crippen LogP contribution in [0.4, 0.5) is 0 Å². The van der Waals surface area contributed by atoms with Crippen molar-refractivity contribution >= 4 is 11.5 Å². The van der Waals surface area contributed by atoms with E-state index in [2.05, 4.69) is 6.58 Å². The highest BCUT2D eigenvalue weighted by Gasteiger charge is 2.24. The molecule has 3 nitrogen and oxygen atoms in total. The number of benzene rings is 1. The standard InChI is InChI=1S/C14H14O3/c1-2-9-17-14(16)13-11-6-4-3-5-10(11)7-8-12(13)15/h2-6,15H,1,7-9H2. The summed E-state index contributed by atoms with van der Waals surface area (Å²) in [5, 5.41) is 9.84. The number of aryl methyl sites for hydroxylation is 1. The van der Waals surface area contributed by atoms with Gasteiger partial charge in [0.1, 0.15) is 17.9 Å². The molecule has 0 saturated heterocycles. The van der Waals surface area contributed by atoms with Gasteiger partial charge in [-0.15, -0.1) is 0 Å². The van der Waals surface area contributed by atoms with Crippen LogP contribution in [0.1, 0.15) is 17.5 Å². The number of ether oxygens (including phenoxy) is 1. The largest absolute Gasteiger partial charge is 0.511 e. The summed E-state index contributed by atoms with van der Waals surface area (Å²) in [5.74, 6) is -0.382.